The minimum absolute atomic E-state index is 0.127. The van der Waals surface area contributed by atoms with Gasteiger partial charge in [-0.15, -0.1) is 0 Å². The van der Waals surface area contributed by atoms with Crippen molar-refractivity contribution in [2.24, 2.45) is 0 Å². The van der Waals surface area contributed by atoms with Crippen molar-refractivity contribution in [2.45, 2.75) is 45.3 Å². The Hall–Kier alpha value is -1.27. The molecule has 0 N–H and O–H groups in total. The molecule has 0 aromatic heterocycles. The predicted molar refractivity (Wildman–Crippen MR) is 79.9 cm³/mol. The van der Waals surface area contributed by atoms with Crippen LogP contribution in [-0.2, 0) is 10.8 Å². The van der Waals surface area contributed by atoms with E-state index in [1.807, 2.05) is 0 Å². The summed E-state index contributed by atoms with van der Waals surface area (Å²) in [6.07, 6.45) is 0.549. The second-order valence-corrected chi connectivity index (χ2v) is 11.2. The van der Waals surface area contributed by atoms with E-state index in [9.17, 15) is 14.5 Å². The van der Waals surface area contributed by atoms with Crippen molar-refractivity contribution >= 4 is 14.0 Å². The summed E-state index contributed by atoms with van der Waals surface area (Å²) < 4.78 is 19.2. The van der Waals surface area contributed by atoms with Gasteiger partial charge in [0.1, 0.15) is 0 Å². The molecule has 0 radical (unpaired) electrons. The maximum Gasteiger partial charge on any atom is 0.305 e. The molecule has 1 aromatic rings. The van der Waals surface area contributed by atoms with Crippen molar-refractivity contribution < 1.29 is 13.7 Å². The number of hydrogen-bond donors (Lipinski definition) is 0. The fourth-order valence-electron chi connectivity index (χ4n) is 1.49. The molecule has 0 saturated heterocycles. The van der Waals surface area contributed by atoms with Crippen molar-refractivity contribution in [3.8, 4) is 0 Å². The molecule has 1 rings (SSSR count). The molecular weight excluding hydrogens is 277 g/mol. The summed E-state index contributed by atoms with van der Waals surface area (Å²) in [5.74, 6) is -0.802. The molecule has 0 unspecified atom stereocenters. The number of halogens is 1. The van der Waals surface area contributed by atoms with Crippen LogP contribution in [0.5, 0.6) is 0 Å². The Morgan fingerprint density at radius 1 is 1.35 bits per heavy atom. The maximum atomic E-state index is 13.2. The molecule has 0 aliphatic carbocycles. The standard InChI is InChI=1S/C14H22FNO3Si/c1-14(2,3)20(4,5)19-9-8-11-6-7-12(15)13(10-11)16(17)18/h6-7,10H,8-9H2,1-5H3. The Bertz CT molecular complexity index is 498. The predicted octanol–water partition coefficient (Wildman–Crippen LogP) is 4.30. The number of rotatable bonds is 5. The summed E-state index contributed by atoms with van der Waals surface area (Å²) in [5, 5.41) is 10.8. The third-order valence-corrected chi connectivity index (χ3v) is 8.41. The largest absolute Gasteiger partial charge is 0.416 e. The number of nitrogens with zero attached hydrogens (tertiary/aromatic N) is 1. The van der Waals surface area contributed by atoms with Crippen LogP contribution in [0.15, 0.2) is 18.2 Å². The first-order chi connectivity index (χ1) is 9.04. The molecule has 6 heteroatoms. The van der Waals surface area contributed by atoms with Crippen LogP contribution >= 0.6 is 0 Å². The second kappa shape index (κ2) is 6.01. The molecule has 0 atom stereocenters. The zero-order valence-electron chi connectivity index (χ0n) is 12.7. The van der Waals surface area contributed by atoms with Crippen molar-refractivity contribution in [1.82, 2.24) is 0 Å². The molecule has 0 spiro atoms. The van der Waals surface area contributed by atoms with Crippen molar-refractivity contribution in [3.63, 3.8) is 0 Å². The highest BCUT2D eigenvalue weighted by molar-refractivity contribution is 6.74. The van der Waals surface area contributed by atoms with E-state index in [-0.39, 0.29) is 5.04 Å². The normalized spacial score (nSPS) is 12.5. The van der Waals surface area contributed by atoms with E-state index in [4.69, 9.17) is 4.43 Å². The highest BCUT2D eigenvalue weighted by Gasteiger charge is 2.36. The van der Waals surface area contributed by atoms with E-state index < -0.39 is 24.7 Å². The van der Waals surface area contributed by atoms with Gasteiger partial charge in [0.15, 0.2) is 8.32 Å². The minimum atomic E-state index is -1.81. The minimum Gasteiger partial charge on any atom is -0.416 e. The van der Waals surface area contributed by atoms with E-state index >= 15 is 0 Å². The molecule has 0 saturated carbocycles. The third kappa shape index (κ3) is 4.11. The average molecular weight is 299 g/mol. The highest BCUT2D eigenvalue weighted by atomic mass is 28.4. The van der Waals surface area contributed by atoms with E-state index in [0.717, 1.165) is 11.6 Å². The van der Waals surface area contributed by atoms with Gasteiger partial charge < -0.3 is 4.43 Å². The summed E-state index contributed by atoms with van der Waals surface area (Å²) in [4.78, 5) is 9.98. The molecule has 0 aliphatic rings. The maximum absolute atomic E-state index is 13.2. The monoisotopic (exact) mass is 299 g/mol. The zero-order valence-corrected chi connectivity index (χ0v) is 13.7. The molecule has 20 heavy (non-hydrogen) atoms. The van der Waals surface area contributed by atoms with E-state index in [0.29, 0.717) is 13.0 Å². The first-order valence-corrected chi connectivity index (χ1v) is 9.52. The van der Waals surface area contributed by atoms with Gasteiger partial charge in [-0.05, 0) is 36.2 Å². The van der Waals surface area contributed by atoms with Gasteiger partial charge in [-0.25, -0.2) is 0 Å². The lowest BCUT2D eigenvalue weighted by atomic mass is 10.1. The first kappa shape index (κ1) is 16.8. The summed E-state index contributed by atoms with van der Waals surface area (Å²) in [7, 11) is -1.81. The van der Waals surface area contributed by atoms with Crippen LogP contribution in [0.2, 0.25) is 18.1 Å². The SMILES string of the molecule is CC(C)(C)[Si](C)(C)OCCc1ccc(F)c([N+](=O)[O-])c1. The Morgan fingerprint density at radius 3 is 2.45 bits per heavy atom. The Kier molecular flexibility index (Phi) is 5.04. The number of nitro benzene ring substituents is 1. The van der Waals surface area contributed by atoms with Gasteiger partial charge in [0.05, 0.1) is 4.92 Å². The molecule has 0 amide bonds. The van der Waals surface area contributed by atoms with Gasteiger partial charge in [0, 0.05) is 12.7 Å². The number of benzene rings is 1. The van der Waals surface area contributed by atoms with Crippen molar-refractivity contribution in [1.29, 1.82) is 0 Å². The Labute approximate surface area is 120 Å². The summed E-state index contributed by atoms with van der Waals surface area (Å²) in [5.41, 5.74) is 0.242. The molecule has 112 valence electrons. The van der Waals surface area contributed by atoms with Crippen LogP contribution in [0.4, 0.5) is 10.1 Å². The molecule has 4 nitrogen and oxygen atoms in total. The van der Waals surface area contributed by atoms with Gasteiger partial charge >= 0.3 is 5.69 Å². The van der Waals surface area contributed by atoms with Crippen LogP contribution < -0.4 is 0 Å². The molecule has 0 heterocycles. The second-order valence-electron chi connectivity index (χ2n) is 6.40. The number of nitro groups is 1. The number of hydrogen-bond acceptors (Lipinski definition) is 3. The quantitative estimate of drug-likeness (QED) is 0.463. The van der Waals surface area contributed by atoms with Crippen molar-refractivity contribution in [2.75, 3.05) is 6.61 Å². The zero-order chi connectivity index (χ0) is 15.6. The lowest BCUT2D eigenvalue weighted by Gasteiger charge is -2.36. The summed E-state index contributed by atoms with van der Waals surface area (Å²) in [6, 6.07) is 3.99. The summed E-state index contributed by atoms with van der Waals surface area (Å²) in [6.45, 7) is 11.3. The molecular formula is C14H22FNO3Si. The van der Waals surface area contributed by atoms with Crippen LogP contribution in [0.3, 0.4) is 0 Å². The Morgan fingerprint density at radius 2 is 1.95 bits per heavy atom. The van der Waals surface area contributed by atoms with E-state index in [1.165, 1.54) is 6.07 Å². The van der Waals surface area contributed by atoms with Crippen LogP contribution in [0, 0.1) is 15.9 Å². The van der Waals surface area contributed by atoms with Crippen LogP contribution in [0.1, 0.15) is 26.3 Å². The molecule has 0 bridgehead atoms. The highest BCUT2D eigenvalue weighted by Crippen LogP contribution is 2.36. The topological polar surface area (TPSA) is 52.4 Å². The third-order valence-electron chi connectivity index (χ3n) is 3.87. The molecule has 0 aliphatic heterocycles. The van der Waals surface area contributed by atoms with E-state index in [2.05, 4.69) is 33.9 Å². The molecule has 1 aromatic carbocycles. The van der Waals surface area contributed by atoms with Gasteiger partial charge in [0.25, 0.3) is 0 Å². The van der Waals surface area contributed by atoms with Gasteiger partial charge in [-0.3, -0.25) is 10.1 Å². The van der Waals surface area contributed by atoms with Crippen LogP contribution in [0.25, 0.3) is 0 Å². The fourth-order valence-corrected chi connectivity index (χ4v) is 2.54. The van der Waals surface area contributed by atoms with Crippen LogP contribution in [-0.4, -0.2) is 19.8 Å². The smallest absolute Gasteiger partial charge is 0.305 e. The lowest BCUT2D eigenvalue weighted by Crippen LogP contribution is -2.41. The van der Waals surface area contributed by atoms with Crippen molar-refractivity contribution in [3.05, 3.63) is 39.7 Å². The van der Waals surface area contributed by atoms with Gasteiger partial charge in [-0.1, -0.05) is 26.8 Å². The lowest BCUT2D eigenvalue weighted by molar-refractivity contribution is -0.387. The Balaban J connectivity index is 2.68. The molecule has 0 fully saturated rings. The van der Waals surface area contributed by atoms with Gasteiger partial charge in [-0.2, -0.15) is 4.39 Å². The fraction of sp³-hybridized carbons (Fsp3) is 0.571. The van der Waals surface area contributed by atoms with Gasteiger partial charge in [0.2, 0.25) is 5.82 Å². The average Bonchev–Trinajstić information content (AvgIpc) is 2.29. The van der Waals surface area contributed by atoms with E-state index in [1.54, 1.807) is 6.07 Å². The first-order valence-electron chi connectivity index (χ1n) is 6.61. The summed E-state index contributed by atoms with van der Waals surface area (Å²) >= 11 is 0.